The molecule has 0 aliphatic rings. The van der Waals surface area contributed by atoms with E-state index in [9.17, 15) is 4.79 Å². The molecule has 2 rings (SSSR count). The fourth-order valence-corrected chi connectivity index (χ4v) is 2.01. The lowest BCUT2D eigenvalue weighted by Crippen LogP contribution is -2.36. The van der Waals surface area contributed by atoms with E-state index in [1.165, 1.54) is 0 Å². The molecule has 0 fully saturated rings. The number of para-hydroxylation sites is 1. The molecule has 2 aromatic rings. The molecule has 0 saturated carbocycles. The Balaban J connectivity index is 1.90. The smallest absolute Gasteiger partial charge is 0.262 e. The normalized spacial score (nSPS) is 12.1. The van der Waals surface area contributed by atoms with Crippen LogP contribution in [-0.2, 0) is 4.79 Å². The number of hydrazone groups is 1. The summed E-state index contributed by atoms with van der Waals surface area (Å²) in [7, 11) is 0. The molecule has 0 bridgehead atoms. The van der Waals surface area contributed by atoms with Crippen LogP contribution in [0.25, 0.3) is 0 Å². The standard InChI is InChI=1S/C17H18ClN3O/c1-2-16(20-15-6-4-3-5-7-15)17(22)21-19-12-13-8-10-14(18)11-9-13/h3-12,16,20H,2H2,1H3,(H,21,22)/b19-12-/t16-/m0/s1. The summed E-state index contributed by atoms with van der Waals surface area (Å²) in [4.78, 5) is 12.1. The maximum Gasteiger partial charge on any atom is 0.262 e. The van der Waals surface area contributed by atoms with Crippen molar-refractivity contribution < 1.29 is 4.79 Å². The van der Waals surface area contributed by atoms with Gasteiger partial charge >= 0.3 is 0 Å². The van der Waals surface area contributed by atoms with Crippen molar-refractivity contribution in [2.24, 2.45) is 5.10 Å². The van der Waals surface area contributed by atoms with E-state index in [0.717, 1.165) is 11.3 Å². The second-order valence-corrected chi connectivity index (χ2v) is 5.19. The van der Waals surface area contributed by atoms with E-state index in [1.54, 1.807) is 18.3 Å². The fourth-order valence-electron chi connectivity index (χ4n) is 1.89. The van der Waals surface area contributed by atoms with E-state index in [-0.39, 0.29) is 11.9 Å². The van der Waals surface area contributed by atoms with Gasteiger partial charge in [0.25, 0.3) is 5.91 Å². The lowest BCUT2D eigenvalue weighted by atomic mass is 10.2. The van der Waals surface area contributed by atoms with Gasteiger partial charge < -0.3 is 5.32 Å². The Morgan fingerprint density at radius 1 is 1.18 bits per heavy atom. The molecule has 0 aliphatic carbocycles. The van der Waals surface area contributed by atoms with Crippen LogP contribution in [0, 0.1) is 0 Å². The summed E-state index contributed by atoms with van der Waals surface area (Å²) in [6.45, 7) is 1.95. The summed E-state index contributed by atoms with van der Waals surface area (Å²) >= 11 is 5.81. The molecule has 5 heteroatoms. The van der Waals surface area contributed by atoms with Crippen LogP contribution in [0.1, 0.15) is 18.9 Å². The Kier molecular flexibility index (Phi) is 5.98. The number of carbonyl (C=O) groups excluding carboxylic acids is 1. The number of anilines is 1. The summed E-state index contributed by atoms with van der Waals surface area (Å²) in [5, 5.41) is 7.82. The van der Waals surface area contributed by atoms with E-state index in [2.05, 4.69) is 15.8 Å². The summed E-state index contributed by atoms with van der Waals surface area (Å²) in [6, 6.07) is 16.5. The van der Waals surface area contributed by atoms with Gasteiger partial charge in [-0.3, -0.25) is 4.79 Å². The van der Waals surface area contributed by atoms with Crippen LogP contribution in [-0.4, -0.2) is 18.2 Å². The fraction of sp³-hybridized carbons (Fsp3) is 0.176. The Morgan fingerprint density at radius 2 is 1.86 bits per heavy atom. The molecule has 0 unspecified atom stereocenters. The largest absolute Gasteiger partial charge is 0.374 e. The third kappa shape index (κ3) is 4.90. The first-order valence-electron chi connectivity index (χ1n) is 7.09. The molecule has 4 nitrogen and oxygen atoms in total. The van der Waals surface area contributed by atoms with Crippen molar-refractivity contribution in [3.63, 3.8) is 0 Å². The molecule has 0 heterocycles. The average Bonchev–Trinajstić information content (AvgIpc) is 2.55. The maximum absolute atomic E-state index is 12.1. The van der Waals surface area contributed by atoms with Crippen LogP contribution < -0.4 is 10.7 Å². The highest BCUT2D eigenvalue weighted by Gasteiger charge is 2.15. The van der Waals surface area contributed by atoms with E-state index >= 15 is 0 Å². The minimum absolute atomic E-state index is 0.170. The van der Waals surface area contributed by atoms with Crippen molar-refractivity contribution in [2.45, 2.75) is 19.4 Å². The number of benzene rings is 2. The van der Waals surface area contributed by atoms with Crippen LogP contribution in [0.2, 0.25) is 5.02 Å². The minimum atomic E-state index is -0.329. The van der Waals surface area contributed by atoms with Gasteiger partial charge in [-0.25, -0.2) is 5.43 Å². The summed E-state index contributed by atoms with van der Waals surface area (Å²) < 4.78 is 0. The SMILES string of the molecule is CC[C@H](Nc1ccccc1)C(=O)N/N=C\c1ccc(Cl)cc1. The van der Waals surface area contributed by atoms with Gasteiger partial charge in [0.15, 0.2) is 0 Å². The third-order valence-electron chi connectivity index (χ3n) is 3.10. The molecule has 0 aliphatic heterocycles. The molecular formula is C17H18ClN3O. The van der Waals surface area contributed by atoms with Gasteiger partial charge in [0.1, 0.15) is 6.04 Å². The number of nitrogens with zero attached hydrogens (tertiary/aromatic N) is 1. The molecule has 114 valence electrons. The number of amides is 1. The van der Waals surface area contributed by atoms with Gasteiger partial charge in [-0.2, -0.15) is 5.10 Å². The molecule has 0 spiro atoms. The number of carbonyl (C=O) groups is 1. The number of nitrogens with one attached hydrogen (secondary N) is 2. The molecule has 22 heavy (non-hydrogen) atoms. The van der Waals surface area contributed by atoms with Gasteiger partial charge in [-0.05, 0) is 36.2 Å². The monoisotopic (exact) mass is 315 g/mol. The molecule has 2 aromatic carbocycles. The number of hydrogen-bond acceptors (Lipinski definition) is 3. The Bertz CT molecular complexity index is 626. The van der Waals surface area contributed by atoms with Crippen molar-refractivity contribution in [2.75, 3.05) is 5.32 Å². The van der Waals surface area contributed by atoms with Crippen molar-refractivity contribution in [3.05, 3.63) is 65.2 Å². The third-order valence-corrected chi connectivity index (χ3v) is 3.35. The van der Waals surface area contributed by atoms with Crippen molar-refractivity contribution in [1.82, 2.24) is 5.43 Å². The number of halogens is 1. The molecule has 0 aromatic heterocycles. The topological polar surface area (TPSA) is 53.5 Å². The lowest BCUT2D eigenvalue weighted by Gasteiger charge is -2.16. The zero-order valence-corrected chi connectivity index (χ0v) is 13.0. The predicted octanol–water partition coefficient (Wildman–Crippen LogP) is 3.68. The van der Waals surface area contributed by atoms with Crippen LogP contribution in [0.4, 0.5) is 5.69 Å². The molecule has 2 N–H and O–H groups in total. The molecule has 1 amide bonds. The Labute approximate surface area is 135 Å². The van der Waals surface area contributed by atoms with Crippen LogP contribution in [0.15, 0.2) is 59.7 Å². The van der Waals surface area contributed by atoms with E-state index < -0.39 is 0 Å². The van der Waals surface area contributed by atoms with Crippen LogP contribution >= 0.6 is 11.6 Å². The highest BCUT2D eigenvalue weighted by atomic mass is 35.5. The maximum atomic E-state index is 12.1. The summed E-state index contributed by atoms with van der Waals surface area (Å²) in [5.41, 5.74) is 4.33. The van der Waals surface area contributed by atoms with Crippen LogP contribution in [0.3, 0.4) is 0 Å². The zero-order valence-electron chi connectivity index (χ0n) is 12.3. The molecule has 1 atom stereocenters. The average molecular weight is 316 g/mol. The molecule has 0 saturated heterocycles. The van der Waals surface area contributed by atoms with E-state index in [4.69, 9.17) is 11.6 Å². The highest BCUT2D eigenvalue weighted by molar-refractivity contribution is 6.30. The first kappa shape index (κ1) is 16.0. The number of hydrogen-bond donors (Lipinski definition) is 2. The van der Waals surface area contributed by atoms with Crippen molar-refractivity contribution in [3.8, 4) is 0 Å². The quantitative estimate of drug-likeness (QED) is 0.631. The highest BCUT2D eigenvalue weighted by Crippen LogP contribution is 2.09. The van der Waals surface area contributed by atoms with E-state index in [1.807, 2.05) is 49.4 Å². The van der Waals surface area contributed by atoms with Gasteiger partial charge in [-0.1, -0.05) is 48.9 Å². The lowest BCUT2D eigenvalue weighted by molar-refractivity contribution is -0.121. The van der Waals surface area contributed by atoms with Gasteiger partial charge in [0, 0.05) is 10.7 Å². The van der Waals surface area contributed by atoms with Gasteiger partial charge in [0.2, 0.25) is 0 Å². The second-order valence-electron chi connectivity index (χ2n) is 4.76. The van der Waals surface area contributed by atoms with Gasteiger partial charge in [0.05, 0.1) is 6.21 Å². The summed E-state index contributed by atoms with van der Waals surface area (Å²) in [6.07, 6.45) is 2.25. The van der Waals surface area contributed by atoms with Gasteiger partial charge in [-0.15, -0.1) is 0 Å². The number of rotatable bonds is 6. The van der Waals surface area contributed by atoms with Crippen molar-refractivity contribution in [1.29, 1.82) is 0 Å². The molecular weight excluding hydrogens is 298 g/mol. The predicted molar refractivity (Wildman–Crippen MR) is 91.3 cm³/mol. The second kappa shape index (κ2) is 8.20. The zero-order chi connectivity index (χ0) is 15.8. The van der Waals surface area contributed by atoms with Crippen LogP contribution in [0.5, 0.6) is 0 Å². The summed E-state index contributed by atoms with van der Waals surface area (Å²) in [5.74, 6) is -0.170. The molecule has 0 radical (unpaired) electrons. The van der Waals surface area contributed by atoms with Crippen molar-refractivity contribution >= 4 is 29.4 Å². The first-order valence-corrected chi connectivity index (χ1v) is 7.47. The Hall–Kier alpha value is -2.33. The van der Waals surface area contributed by atoms with E-state index in [0.29, 0.717) is 11.4 Å². The minimum Gasteiger partial charge on any atom is -0.374 e. The Morgan fingerprint density at radius 3 is 2.50 bits per heavy atom. The first-order chi connectivity index (χ1) is 10.7.